The molecule has 1 heterocycles. The number of amides is 2. The summed E-state index contributed by atoms with van der Waals surface area (Å²) in [5.74, 6) is 0.972. The van der Waals surface area contributed by atoms with Gasteiger partial charge in [-0.3, -0.25) is 14.5 Å². The van der Waals surface area contributed by atoms with E-state index in [2.05, 4.69) is 17.3 Å². The molecule has 1 saturated heterocycles. The maximum Gasteiger partial charge on any atom is 0.238 e. The molecule has 1 saturated carbocycles. The van der Waals surface area contributed by atoms with E-state index in [9.17, 15) is 9.59 Å². The lowest BCUT2D eigenvalue weighted by molar-refractivity contribution is -0.123. The smallest absolute Gasteiger partial charge is 0.238 e. The Bertz CT molecular complexity index is 1010. The fraction of sp³-hybridized carbons (Fsp3) is 0.227. The number of nitrogens with two attached hydrogens (primary N) is 1. The minimum absolute atomic E-state index is 0.0225. The molecule has 0 unspecified atom stereocenters. The van der Waals surface area contributed by atoms with E-state index in [-0.39, 0.29) is 41.3 Å². The highest BCUT2D eigenvalue weighted by Crippen LogP contribution is 2.53. The van der Waals surface area contributed by atoms with Crippen LogP contribution in [0.3, 0.4) is 0 Å². The zero-order valence-corrected chi connectivity index (χ0v) is 15.4. The molecule has 3 N–H and O–H groups in total. The molecule has 7 nitrogen and oxygen atoms in total. The predicted octanol–water partition coefficient (Wildman–Crippen LogP) is 2.88. The van der Waals surface area contributed by atoms with Crippen LogP contribution in [-0.2, 0) is 9.59 Å². The van der Waals surface area contributed by atoms with E-state index < -0.39 is 0 Å². The molecule has 2 bridgehead atoms. The number of benzene rings is 2. The molecule has 2 aliphatic carbocycles. The van der Waals surface area contributed by atoms with Gasteiger partial charge in [-0.25, -0.2) is 0 Å². The van der Waals surface area contributed by atoms with Crippen molar-refractivity contribution in [1.82, 2.24) is 0 Å². The summed E-state index contributed by atoms with van der Waals surface area (Å²) in [5.41, 5.74) is 6.70. The van der Waals surface area contributed by atoms with Crippen LogP contribution >= 0.6 is 0 Å². The molecule has 2 amide bonds. The molecule has 0 aromatic heterocycles. The van der Waals surface area contributed by atoms with Crippen LogP contribution in [0, 0.1) is 23.7 Å². The van der Waals surface area contributed by atoms with Gasteiger partial charge in [-0.2, -0.15) is 0 Å². The first-order chi connectivity index (χ1) is 14.1. The van der Waals surface area contributed by atoms with Crippen molar-refractivity contribution in [2.24, 2.45) is 34.6 Å². The summed E-state index contributed by atoms with van der Waals surface area (Å²) >= 11 is 0. The Morgan fingerprint density at radius 2 is 1.45 bits per heavy atom. The number of amidine groups is 1. The number of rotatable bonds is 4. The Morgan fingerprint density at radius 1 is 0.931 bits per heavy atom. The van der Waals surface area contributed by atoms with E-state index >= 15 is 0 Å². The van der Waals surface area contributed by atoms with Crippen molar-refractivity contribution in [3.05, 3.63) is 66.2 Å². The highest BCUT2D eigenvalue weighted by Gasteiger charge is 2.59. The van der Waals surface area contributed by atoms with E-state index in [0.717, 1.165) is 6.42 Å². The van der Waals surface area contributed by atoms with Gasteiger partial charge in [-0.15, -0.1) is 0 Å². The Labute approximate surface area is 167 Å². The molecule has 7 heteroatoms. The second-order valence-electron chi connectivity index (χ2n) is 7.62. The number of hydrogen-bond donors (Lipinski definition) is 2. The molecule has 3 aliphatic rings. The zero-order chi connectivity index (χ0) is 20.1. The summed E-state index contributed by atoms with van der Waals surface area (Å²) in [6.07, 6.45) is 5.09. The van der Waals surface area contributed by atoms with E-state index in [1.165, 1.54) is 4.90 Å². The Kier molecular flexibility index (Phi) is 3.91. The molecule has 146 valence electrons. The van der Waals surface area contributed by atoms with E-state index in [4.69, 9.17) is 15.7 Å². The molecule has 0 spiro atoms. The van der Waals surface area contributed by atoms with Crippen molar-refractivity contribution in [3.8, 4) is 11.5 Å². The van der Waals surface area contributed by atoms with Crippen molar-refractivity contribution < 1.29 is 19.5 Å². The Morgan fingerprint density at radius 3 is 1.97 bits per heavy atom. The van der Waals surface area contributed by atoms with Gasteiger partial charge in [0.05, 0.1) is 17.5 Å². The highest BCUT2D eigenvalue weighted by atomic mass is 16.5. The molecule has 2 fully saturated rings. The summed E-state index contributed by atoms with van der Waals surface area (Å²) in [5, 5.41) is 11.7. The lowest BCUT2D eigenvalue weighted by Gasteiger charge is -2.17. The van der Waals surface area contributed by atoms with Crippen LogP contribution in [-0.4, -0.2) is 22.9 Å². The van der Waals surface area contributed by atoms with Gasteiger partial charge >= 0.3 is 0 Å². The van der Waals surface area contributed by atoms with Gasteiger partial charge in [-0.1, -0.05) is 17.3 Å². The van der Waals surface area contributed by atoms with Gasteiger partial charge in [0.15, 0.2) is 5.84 Å². The number of hydrogen-bond acceptors (Lipinski definition) is 5. The zero-order valence-electron chi connectivity index (χ0n) is 15.4. The largest absolute Gasteiger partial charge is 0.457 e. The second kappa shape index (κ2) is 6.48. The van der Waals surface area contributed by atoms with Gasteiger partial charge in [-0.05, 0) is 66.8 Å². The van der Waals surface area contributed by atoms with Crippen molar-refractivity contribution in [2.45, 2.75) is 6.42 Å². The van der Waals surface area contributed by atoms with Gasteiger partial charge in [0.2, 0.25) is 11.8 Å². The fourth-order valence-electron chi connectivity index (χ4n) is 4.71. The number of anilines is 1. The normalized spacial score (nSPS) is 27.6. The molecular formula is C22H19N3O4. The lowest BCUT2D eigenvalue weighted by atomic mass is 9.85. The molecular weight excluding hydrogens is 370 g/mol. The molecule has 1 aliphatic heterocycles. The summed E-state index contributed by atoms with van der Waals surface area (Å²) in [7, 11) is 0. The average molecular weight is 389 g/mol. The summed E-state index contributed by atoms with van der Waals surface area (Å²) < 4.78 is 5.80. The maximum absolute atomic E-state index is 12.9. The summed E-state index contributed by atoms with van der Waals surface area (Å²) in [4.78, 5) is 27.1. The number of allylic oxidation sites excluding steroid dienone is 2. The van der Waals surface area contributed by atoms with Crippen LogP contribution in [0.1, 0.15) is 12.0 Å². The van der Waals surface area contributed by atoms with E-state index in [0.29, 0.717) is 22.7 Å². The standard InChI is InChI=1S/C22H19N3O4/c23-20(24-28)12-3-7-16(8-4-12)29-17-9-5-15(6-10-17)25-21(26)18-13-1-2-14(11-13)19(18)22(25)27/h1-10,13-14,18-19,28H,11H2,(H2,23,24)/t13-,14+,18-,19+. The third-order valence-corrected chi connectivity index (χ3v) is 6.06. The quantitative estimate of drug-likeness (QED) is 0.209. The van der Waals surface area contributed by atoms with E-state index in [1.54, 1.807) is 48.5 Å². The first-order valence-corrected chi connectivity index (χ1v) is 9.49. The van der Waals surface area contributed by atoms with Crippen molar-refractivity contribution in [3.63, 3.8) is 0 Å². The van der Waals surface area contributed by atoms with Gasteiger partial charge in [0, 0.05) is 5.56 Å². The van der Waals surface area contributed by atoms with Crippen LogP contribution in [0.4, 0.5) is 5.69 Å². The number of imide groups is 1. The van der Waals surface area contributed by atoms with Crippen molar-refractivity contribution in [1.29, 1.82) is 0 Å². The molecule has 5 rings (SSSR count). The first-order valence-electron chi connectivity index (χ1n) is 9.49. The first kappa shape index (κ1) is 17.5. The topological polar surface area (TPSA) is 105 Å². The number of oxime groups is 1. The summed E-state index contributed by atoms with van der Waals surface area (Å²) in [6.45, 7) is 0. The fourth-order valence-corrected chi connectivity index (χ4v) is 4.71. The highest BCUT2D eigenvalue weighted by molar-refractivity contribution is 6.22. The number of fused-ring (bicyclic) bond motifs is 5. The maximum atomic E-state index is 12.9. The number of carbonyl (C=O) groups excluding carboxylic acids is 2. The van der Waals surface area contributed by atoms with Crippen molar-refractivity contribution in [2.75, 3.05) is 4.90 Å². The van der Waals surface area contributed by atoms with Crippen LogP contribution in [0.5, 0.6) is 11.5 Å². The van der Waals surface area contributed by atoms with Crippen molar-refractivity contribution >= 4 is 23.3 Å². The van der Waals surface area contributed by atoms with Gasteiger partial charge in [0.1, 0.15) is 11.5 Å². The SMILES string of the molecule is N/C(=N/O)c1ccc(Oc2ccc(N3C(=O)[C@@H]4[C@H](C3=O)[C@@H]3C=C[C@H]4C3)cc2)cc1. The van der Waals surface area contributed by atoms with Gasteiger partial charge in [0.25, 0.3) is 0 Å². The molecule has 4 atom stereocenters. The third kappa shape index (κ3) is 2.69. The predicted molar refractivity (Wildman–Crippen MR) is 106 cm³/mol. The van der Waals surface area contributed by atoms with E-state index in [1.807, 2.05) is 0 Å². The average Bonchev–Trinajstić information content (AvgIpc) is 3.43. The second-order valence-corrected chi connectivity index (χ2v) is 7.62. The van der Waals surface area contributed by atoms with Crippen LogP contribution < -0.4 is 15.4 Å². The number of carbonyl (C=O) groups is 2. The van der Waals surface area contributed by atoms with Crippen LogP contribution in [0.2, 0.25) is 0 Å². The van der Waals surface area contributed by atoms with Gasteiger partial charge < -0.3 is 15.7 Å². The minimum Gasteiger partial charge on any atom is -0.457 e. The number of ether oxygens (including phenoxy) is 1. The molecule has 2 aromatic carbocycles. The number of nitrogens with zero attached hydrogens (tertiary/aromatic N) is 2. The molecule has 29 heavy (non-hydrogen) atoms. The Balaban J connectivity index is 1.32. The lowest BCUT2D eigenvalue weighted by Crippen LogP contribution is -2.32. The minimum atomic E-state index is -0.207. The Hall–Kier alpha value is -3.61. The molecule has 0 radical (unpaired) electrons. The van der Waals surface area contributed by atoms with Crippen LogP contribution in [0.15, 0.2) is 65.8 Å². The third-order valence-electron chi connectivity index (χ3n) is 6.06. The molecule has 2 aromatic rings. The summed E-state index contributed by atoms with van der Waals surface area (Å²) in [6, 6.07) is 13.7. The van der Waals surface area contributed by atoms with Crippen LogP contribution in [0.25, 0.3) is 0 Å². The monoisotopic (exact) mass is 389 g/mol.